The SMILES string of the molecule is O=C(NC(=S)Nc1ccc([N+](=O)[O-])cc1NC(=S)NC(=O)Oc1ccc2ccccc2c1)Oc1ccc2ccccc2c1. The second-order valence-corrected chi connectivity index (χ2v) is 9.76. The number of hydrogen-bond donors (Lipinski definition) is 4. The van der Waals surface area contributed by atoms with Gasteiger partial charge < -0.3 is 20.1 Å². The van der Waals surface area contributed by atoms with Crippen molar-refractivity contribution in [2.24, 2.45) is 0 Å². The van der Waals surface area contributed by atoms with Gasteiger partial charge in [0.25, 0.3) is 5.69 Å². The largest absolute Gasteiger partial charge is 0.418 e. The Morgan fingerprint density at radius 2 is 1.07 bits per heavy atom. The van der Waals surface area contributed by atoms with Gasteiger partial charge in [0, 0.05) is 12.1 Å². The maximum Gasteiger partial charge on any atom is 0.418 e. The molecule has 0 aliphatic heterocycles. The van der Waals surface area contributed by atoms with Crippen molar-refractivity contribution in [3.8, 4) is 11.5 Å². The van der Waals surface area contributed by atoms with Gasteiger partial charge in [-0.1, -0.05) is 60.7 Å². The fraction of sp³-hybridized carbons (Fsp3) is 0. The van der Waals surface area contributed by atoms with Crippen LogP contribution in [0.25, 0.3) is 21.5 Å². The summed E-state index contributed by atoms with van der Waals surface area (Å²) in [4.78, 5) is 35.7. The van der Waals surface area contributed by atoms with Crippen LogP contribution in [0.3, 0.4) is 0 Å². The molecule has 0 saturated heterocycles. The zero-order valence-corrected chi connectivity index (χ0v) is 23.7. The molecule has 0 bridgehead atoms. The number of non-ortho nitro benzene ring substituents is 1. The summed E-state index contributed by atoms with van der Waals surface area (Å²) in [5.41, 5.74) is 0.0510. The first kappa shape index (κ1) is 28.9. The average molecular weight is 612 g/mol. The van der Waals surface area contributed by atoms with Crippen LogP contribution < -0.4 is 30.7 Å². The molecule has 0 fully saturated rings. The first-order valence-corrected chi connectivity index (χ1v) is 13.4. The Bertz CT molecular complexity index is 1920. The van der Waals surface area contributed by atoms with E-state index in [-0.39, 0.29) is 27.3 Å². The van der Waals surface area contributed by atoms with Crippen LogP contribution in [0.5, 0.6) is 11.5 Å². The minimum Gasteiger partial charge on any atom is -0.410 e. The third-order valence-electron chi connectivity index (χ3n) is 6.00. The summed E-state index contributed by atoms with van der Waals surface area (Å²) in [5, 5.41) is 25.0. The number of benzene rings is 5. The molecule has 13 heteroatoms. The van der Waals surface area contributed by atoms with Crippen molar-refractivity contribution in [3.05, 3.63) is 113 Å². The molecule has 0 spiro atoms. The normalized spacial score (nSPS) is 10.4. The predicted octanol–water partition coefficient (Wildman–Crippen LogP) is 6.87. The van der Waals surface area contributed by atoms with Gasteiger partial charge in [0.05, 0.1) is 16.3 Å². The van der Waals surface area contributed by atoms with Gasteiger partial charge in [-0.3, -0.25) is 20.7 Å². The molecule has 0 atom stereocenters. The number of hydrogen-bond acceptors (Lipinski definition) is 8. The second kappa shape index (κ2) is 12.9. The number of nitro benzene ring substituents is 1. The number of amides is 2. The maximum atomic E-state index is 12.5. The lowest BCUT2D eigenvalue weighted by Gasteiger charge is -2.16. The Labute approximate surface area is 254 Å². The lowest BCUT2D eigenvalue weighted by molar-refractivity contribution is -0.384. The minimum atomic E-state index is -0.874. The summed E-state index contributed by atoms with van der Waals surface area (Å²) in [5.74, 6) is 0.604. The highest BCUT2D eigenvalue weighted by Crippen LogP contribution is 2.27. The Hall–Kier alpha value is -5.66. The smallest absolute Gasteiger partial charge is 0.410 e. The average Bonchev–Trinajstić information content (AvgIpc) is 2.97. The van der Waals surface area contributed by atoms with Crippen LogP contribution in [-0.2, 0) is 0 Å². The van der Waals surface area contributed by atoms with Crippen molar-refractivity contribution in [3.63, 3.8) is 0 Å². The highest BCUT2D eigenvalue weighted by molar-refractivity contribution is 7.80. The molecule has 214 valence electrons. The van der Waals surface area contributed by atoms with Gasteiger partial charge in [-0.05, 0) is 76.3 Å². The molecule has 5 aromatic carbocycles. The first-order chi connectivity index (χ1) is 20.7. The minimum absolute atomic E-state index is 0.0947. The van der Waals surface area contributed by atoms with Gasteiger partial charge >= 0.3 is 12.2 Å². The van der Waals surface area contributed by atoms with Crippen molar-refractivity contribution in [1.29, 1.82) is 0 Å². The molecule has 0 saturated carbocycles. The first-order valence-electron chi connectivity index (χ1n) is 12.6. The topological polar surface area (TPSA) is 144 Å². The van der Waals surface area contributed by atoms with Crippen LogP contribution in [0.1, 0.15) is 0 Å². The van der Waals surface area contributed by atoms with Crippen molar-refractivity contribution in [1.82, 2.24) is 10.6 Å². The van der Waals surface area contributed by atoms with Gasteiger partial charge in [-0.25, -0.2) is 9.59 Å². The number of rotatable bonds is 5. The number of anilines is 2. The molecule has 2 amide bonds. The third-order valence-corrected chi connectivity index (χ3v) is 6.41. The third kappa shape index (κ3) is 7.55. The van der Waals surface area contributed by atoms with E-state index in [1.807, 2.05) is 60.7 Å². The van der Waals surface area contributed by atoms with E-state index in [2.05, 4.69) is 21.3 Å². The number of carbonyl (C=O) groups excluding carboxylic acids is 2. The molecule has 0 aliphatic rings. The quantitative estimate of drug-likeness (QED) is 0.0944. The molecular weight excluding hydrogens is 590 g/mol. The highest BCUT2D eigenvalue weighted by atomic mass is 32.1. The molecule has 0 aromatic heterocycles. The lowest BCUT2D eigenvalue weighted by atomic mass is 10.1. The molecule has 4 N–H and O–H groups in total. The fourth-order valence-electron chi connectivity index (χ4n) is 4.08. The highest BCUT2D eigenvalue weighted by Gasteiger charge is 2.16. The number of carbonyl (C=O) groups is 2. The Balaban J connectivity index is 1.21. The Kier molecular flexibility index (Phi) is 8.65. The molecular formula is C30H21N5O6S2. The van der Waals surface area contributed by atoms with Gasteiger partial charge in [0.15, 0.2) is 10.2 Å². The summed E-state index contributed by atoms with van der Waals surface area (Å²) in [7, 11) is 0. The van der Waals surface area contributed by atoms with Crippen LogP contribution in [0.4, 0.5) is 26.7 Å². The van der Waals surface area contributed by atoms with E-state index < -0.39 is 17.1 Å². The predicted molar refractivity (Wildman–Crippen MR) is 172 cm³/mol. The standard InChI is InChI=1S/C30H21N5O6S2/c36-29(40-23-12-9-18-5-1-3-7-20(18)15-23)33-27(42)31-25-14-11-22(35(38)39)17-26(25)32-28(43)34-30(37)41-24-13-10-19-6-2-4-8-21(19)16-24/h1-17H,(H2,31,33,36,42)(H2,32,34,37,43). The maximum absolute atomic E-state index is 12.5. The molecule has 5 rings (SSSR count). The van der Waals surface area contributed by atoms with Crippen LogP contribution in [0.2, 0.25) is 0 Å². The van der Waals surface area contributed by atoms with Gasteiger partial charge in [-0.15, -0.1) is 0 Å². The number of nitro groups is 1. The summed E-state index contributed by atoms with van der Waals surface area (Å²) in [6.45, 7) is 0. The molecule has 43 heavy (non-hydrogen) atoms. The summed E-state index contributed by atoms with van der Waals surface area (Å²) in [6, 6.07) is 29.3. The van der Waals surface area contributed by atoms with E-state index in [4.69, 9.17) is 33.9 Å². The fourth-order valence-corrected chi connectivity index (χ4v) is 4.46. The molecule has 0 aliphatic carbocycles. The monoisotopic (exact) mass is 611 g/mol. The molecule has 0 heterocycles. The number of nitrogens with zero attached hydrogens (tertiary/aromatic N) is 1. The Morgan fingerprint density at radius 1 is 0.605 bits per heavy atom. The number of fused-ring (bicyclic) bond motifs is 2. The molecule has 5 aromatic rings. The second-order valence-electron chi connectivity index (χ2n) is 8.94. The van der Waals surface area contributed by atoms with E-state index in [0.29, 0.717) is 11.5 Å². The van der Waals surface area contributed by atoms with Crippen LogP contribution in [0, 0.1) is 10.1 Å². The van der Waals surface area contributed by atoms with Gasteiger partial charge in [0.1, 0.15) is 11.5 Å². The van der Waals surface area contributed by atoms with Crippen molar-refractivity contribution < 1.29 is 24.0 Å². The van der Waals surface area contributed by atoms with Crippen molar-refractivity contribution in [2.75, 3.05) is 10.6 Å². The van der Waals surface area contributed by atoms with Crippen molar-refractivity contribution in [2.45, 2.75) is 0 Å². The summed E-state index contributed by atoms with van der Waals surface area (Å²) >= 11 is 10.5. The van der Waals surface area contributed by atoms with Crippen LogP contribution in [-0.4, -0.2) is 27.3 Å². The van der Waals surface area contributed by atoms with E-state index in [9.17, 15) is 19.7 Å². The summed E-state index contributed by atoms with van der Waals surface area (Å²) < 4.78 is 10.6. The lowest BCUT2D eigenvalue weighted by Crippen LogP contribution is -2.37. The summed E-state index contributed by atoms with van der Waals surface area (Å²) in [6.07, 6.45) is -1.72. The van der Waals surface area contributed by atoms with Gasteiger partial charge in [-0.2, -0.15) is 0 Å². The van der Waals surface area contributed by atoms with E-state index in [1.165, 1.54) is 18.2 Å². The number of ether oxygens (including phenoxy) is 2. The zero-order valence-electron chi connectivity index (χ0n) is 22.0. The van der Waals surface area contributed by atoms with Crippen molar-refractivity contribution >= 4 is 85.5 Å². The van der Waals surface area contributed by atoms with E-state index >= 15 is 0 Å². The zero-order chi connectivity index (χ0) is 30.3. The van der Waals surface area contributed by atoms with Gasteiger partial charge in [0.2, 0.25) is 0 Å². The molecule has 0 unspecified atom stereocenters. The number of thiocarbonyl (C=S) groups is 2. The Morgan fingerprint density at radius 3 is 1.56 bits per heavy atom. The molecule has 11 nitrogen and oxygen atoms in total. The van der Waals surface area contributed by atoms with E-state index in [0.717, 1.165) is 21.5 Å². The van der Waals surface area contributed by atoms with Crippen LogP contribution >= 0.6 is 24.4 Å². The van der Waals surface area contributed by atoms with Crippen LogP contribution in [0.15, 0.2) is 103 Å². The number of nitrogens with one attached hydrogen (secondary N) is 4. The molecule has 0 radical (unpaired) electrons. The van der Waals surface area contributed by atoms with E-state index in [1.54, 1.807) is 24.3 Å².